The molecule has 0 saturated carbocycles. The zero-order chi connectivity index (χ0) is 22.6. The molecule has 1 fully saturated rings. The van der Waals surface area contributed by atoms with Crippen LogP contribution in [-0.4, -0.2) is 50.0 Å². The second kappa shape index (κ2) is 9.31. The van der Waals surface area contributed by atoms with E-state index in [4.69, 9.17) is 0 Å². The number of nitrogens with one attached hydrogen (secondary N) is 1. The molecule has 4 nitrogen and oxygen atoms in total. The Hall–Kier alpha value is -2.53. The topological polar surface area (TPSA) is 33.7 Å². The van der Waals surface area contributed by atoms with Crippen molar-refractivity contribution in [1.82, 2.24) is 10.2 Å². The molecule has 0 aromatic heterocycles. The van der Waals surface area contributed by atoms with Gasteiger partial charge in [-0.25, -0.2) is 0 Å². The van der Waals surface area contributed by atoms with E-state index >= 15 is 0 Å². The molecular formula is C20H19F7N2O2. The SMILES string of the molecule is FC(F)C(F)(F)Oc1cccc([C@H](c2ccc(OC(F)(F)F)cc2)N2CCNCC2)c1. The fourth-order valence-electron chi connectivity index (χ4n) is 3.36. The maximum atomic E-state index is 13.3. The van der Waals surface area contributed by atoms with Crippen molar-refractivity contribution in [3.8, 4) is 11.5 Å². The maximum Gasteiger partial charge on any atom is 0.573 e. The van der Waals surface area contributed by atoms with Gasteiger partial charge in [0.25, 0.3) is 0 Å². The summed E-state index contributed by atoms with van der Waals surface area (Å²) in [6, 6.07) is 10.0. The molecule has 0 bridgehead atoms. The highest BCUT2D eigenvalue weighted by atomic mass is 19.4. The lowest BCUT2D eigenvalue weighted by molar-refractivity contribution is -0.274. The van der Waals surface area contributed by atoms with Gasteiger partial charge >= 0.3 is 18.9 Å². The van der Waals surface area contributed by atoms with E-state index in [0.29, 0.717) is 37.3 Å². The van der Waals surface area contributed by atoms with Crippen molar-refractivity contribution in [2.75, 3.05) is 26.2 Å². The Balaban J connectivity index is 1.92. The highest BCUT2D eigenvalue weighted by Gasteiger charge is 2.44. The lowest BCUT2D eigenvalue weighted by atomic mass is 9.96. The molecule has 1 saturated heterocycles. The van der Waals surface area contributed by atoms with Gasteiger partial charge in [-0.15, -0.1) is 13.2 Å². The van der Waals surface area contributed by atoms with E-state index in [1.807, 2.05) is 4.90 Å². The predicted molar refractivity (Wildman–Crippen MR) is 97.4 cm³/mol. The minimum absolute atomic E-state index is 0.399. The van der Waals surface area contributed by atoms with Crippen LogP contribution in [0.2, 0.25) is 0 Å². The molecule has 3 rings (SSSR count). The number of alkyl halides is 7. The average molecular weight is 452 g/mol. The molecule has 0 amide bonds. The summed E-state index contributed by atoms with van der Waals surface area (Å²) in [7, 11) is 0. The van der Waals surface area contributed by atoms with Crippen molar-refractivity contribution in [2.45, 2.75) is 24.9 Å². The molecule has 2 aromatic carbocycles. The normalized spacial score (nSPS) is 16.9. The second-order valence-corrected chi connectivity index (χ2v) is 6.84. The summed E-state index contributed by atoms with van der Waals surface area (Å²) in [6.07, 6.45) is -13.5. The van der Waals surface area contributed by atoms with Crippen LogP contribution in [-0.2, 0) is 0 Å². The van der Waals surface area contributed by atoms with Crippen LogP contribution >= 0.6 is 0 Å². The van der Waals surface area contributed by atoms with Crippen LogP contribution in [0, 0.1) is 0 Å². The number of piperazine rings is 1. The molecule has 2 aromatic rings. The van der Waals surface area contributed by atoms with Gasteiger partial charge in [-0.2, -0.15) is 17.6 Å². The van der Waals surface area contributed by atoms with Gasteiger partial charge in [0.05, 0.1) is 6.04 Å². The molecule has 1 aliphatic rings. The van der Waals surface area contributed by atoms with Crippen LogP contribution in [0.3, 0.4) is 0 Å². The van der Waals surface area contributed by atoms with E-state index < -0.39 is 36.4 Å². The molecule has 1 atom stereocenters. The molecule has 170 valence electrons. The first kappa shape index (κ1) is 23.1. The molecule has 0 aliphatic carbocycles. The monoisotopic (exact) mass is 452 g/mol. The van der Waals surface area contributed by atoms with Crippen LogP contribution in [0.5, 0.6) is 11.5 Å². The lowest BCUT2D eigenvalue weighted by Gasteiger charge is -2.35. The van der Waals surface area contributed by atoms with E-state index in [1.54, 1.807) is 6.07 Å². The number of nitrogens with zero attached hydrogens (tertiary/aromatic N) is 1. The molecule has 0 radical (unpaired) electrons. The Bertz CT molecular complexity index is 853. The summed E-state index contributed by atoms with van der Waals surface area (Å²) in [5.41, 5.74) is 1.04. The summed E-state index contributed by atoms with van der Waals surface area (Å²) in [4.78, 5) is 2.00. The number of hydrogen-bond donors (Lipinski definition) is 1. The Kier molecular flexibility index (Phi) is 6.95. The third kappa shape index (κ3) is 6.23. The van der Waals surface area contributed by atoms with E-state index in [1.165, 1.54) is 24.3 Å². The summed E-state index contributed by atoms with van der Waals surface area (Å²) in [5.74, 6) is -0.844. The Morgan fingerprint density at radius 3 is 2.03 bits per heavy atom. The highest BCUT2D eigenvalue weighted by molar-refractivity contribution is 5.39. The third-order valence-electron chi connectivity index (χ3n) is 4.63. The highest BCUT2D eigenvalue weighted by Crippen LogP contribution is 2.34. The number of ether oxygens (including phenoxy) is 2. The molecular weight excluding hydrogens is 433 g/mol. The first-order valence-electron chi connectivity index (χ1n) is 9.30. The second-order valence-electron chi connectivity index (χ2n) is 6.84. The Morgan fingerprint density at radius 2 is 1.45 bits per heavy atom. The van der Waals surface area contributed by atoms with Gasteiger partial charge in [0, 0.05) is 26.2 Å². The number of benzene rings is 2. The first-order valence-corrected chi connectivity index (χ1v) is 9.30. The maximum absolute atomic E-state index is 13.3. The van der Waals surface area contributed by atoms with Gasteiger partial charge in [-0.1, -0.05) is 24.3 Å². The molecule has 1 heterocycles. The summed E-state index contributed by atoms with van der Waals surface area (Å²) in [6.45, 7) is 2.43. The summed E-state index contributed by atoms with van der Waals surface area (Å²) < 4.78 is 97.0. The molecule has 0 unspecified atom stereocenters. The van der Waals surface area contributed by atoms with Crippen molar-refractivity contribution in [3.63, 3.8) is 0 Å². The molecule has 0 spiro atoms. The van der Waals surface area contributed by atoms with Crippen molar-refractivity contribution in [1.29, 1.82) is 0 Å². The molecule has 1 N–H and O–H groups in total. The van der Waals surface area contributed by atoms with Crippen molar-refractivity contribution in [2.24, 2.45) is 0 Å². The van der Waals surface area contributed by atoms with Crippen LogP contribution in [0.25, 0.3) is 0 Å². The van der Waals surface area contributed by atoms with Crippen LogP contribution < -0.4 is 14.8 Å². The van der Waals surface area contributed by atoms with E-state index in [2.05, 4.69) is 14.8 Å². The van der Waals surface area contributed by atoms with Crippen LogP contribution in [0.4, 0.5) is 30.7 Å². The zero-order valence-corrected chi connectivity index (χ0v) is 16.0. The number of rotatable bonds is 7. The van der Waals surface area contributed by atoms with Crippen molar-refractivity contribution >= 4 is 0 Å². The van der Waals surface area contributed by atoms with E-state index in [-0.39, 0.29) is 0 Å². The summed E-state index contributed by atoms with van der Waals surface area (Å²) in [5, 5.41) is 3.17. The zero-order valence-electron chi connectivity index (χ0n) is 16.0. The molecule has 1 aliphatic heterocycles. The number of halogens is 7. The van der Waals surface area contributed by atoms with Crippen LogP contribution in [0.15, 0.2) is 48.5 Å². The minimum Gasteiger partial charge on any atom is -0.428 e. The summed E-state index contributed by atoms with van der Waals surface area (Å²) >= 11 is 0. The molecule has 31 heavy (non-hydrogen) atoms. The van der Waals surface area contributed by atoms with E-state index in [0.717, 1.165) is 18.2 Å². The van der Waals surface area contributed by atoms with Crippen molar-refractivity contribution < 1.29 is 40.2 Å². The van der Waals surface area contributed by atoms with Gasteiger partial charge in [0.1, 0.15) is 11.5 Å². The van der Waals surface area contributed by atoms with Crippen LogP contribution in [0.1, 0.15) is 17.2 Å². The Labute approximate surface area is 173 Å². The quantitative estimate of drug-likeness (QED) is 0.611. The first-order chi connectivity index (χ1) is 14.5. The van der Waals surface area contributed by atoms with Gasteiger partial charge < -0.3 is 14.8 Å². The van der Waals surface area contributed by atoms with E-state index in [9.17, 15) is 30.7 Å². The smallest absolute Gasteiger partial charge is 0.428 e. The Morgan fingerprint density at radius 1 is 0.806 bits per heavy atom. The van der Waals surface area contributed by atoms with Gasteiger partial charge in [-0.05, 0) is 35.4 Å². The largest absolute Gasteiger partial charge is 0.573 e. The average Bonchev–Trinajstić information content (AvgIpc) is 2.69. The third-order valence-corrected chi connectivity index (χ3v) is 4.63. The molecule has 11 heteroatoms. The van der Waals surface area contributed by atoms with Gasteiger partial charge in [0.15, 0.2) is 0 Å². The predicted octanol–water partition coefficient (Wildman–Crippen LogP) is 4.82. The fraction of sp³-hybridized carbons (Fsp3) is 0.400. The van der Waals surface area contributed by atoms with Crippen molar-refractivity contribution in [3.05, 3.63) is 59.7 Å². The number of hydrogen-bond acceptors (Lipinski definition) is 4. The minimum atomic E-state index is -4.83. The lowest BCUT2D eigenvalue weighted by Crippen LogP contribution is -2.45. The van der Waals surface area contributed by atoms with Gasteiger partial charge in [-0.3, -0.25) is 4.90 Å². The standard InChI is InChI=1S/C20H19F7N2O2/c21-18(22)19(23,24)30-16-3-1-2-14(12-16)17(29-10-8-28-9-11-29)13-4-6-15(7-5-13)31-20(25,26)27/h1-7,12,17-18,28H,8-11H2/t17-/m0/s1. The fourth-order valence-corrected chi connectivity index (χ4v) is 3.36. The van der Waals surface area contributed by atoms with Gasteiger partial charge in [0.2, 0.25) is 0 Å².